The van der Waals surface area contributed by atoms with Crippen LogP contribution in [0.4, 0.5) is 19.0 Å². The Kier molecular flexibility index (Phi) is 4.87. The van der Waals surface area contributed by atoms with Crippen molar-refractivity contribution in [2.24, 2.45) is 0 Å². The molecular weight excluding hydrogens is 371 g/mol. The minimum absolute atomic E-state index is 0.113. The molecular formula is C20H20F3N3O2. The van der Waals surface area contributed by atoms with Crippen LogP contribution in [0, 0.1) is 0 Å². The molecule has 5 nitrogen and oxygen atoms in total. The van der Waals surface area contributed by atoms with Crippen LogP contribution in [0.15, 0.2) is 36.4 Å². The third-order valence-corrected chi connectivity index (χ3v) is 5.05. The van der Waals surface area contributed by atoms with Crippen molar-refractivity contribution in [3.05, 3.63) is 53.2 Å². The fraction of sp³-hybridized carbons (Fsp3) is 0.400. The summed E-state index contributed by atoms with van der Waals surface area (Å²) in [5.74, 6) is 1.22. The first kappa shape index (κ1) is 18.6. The quantitative estimate of drug-likeness (QED) is 0.802. The first-order chi connectivity index (χ1) is 13.4. The van der Waals surface area contributed by atoms with Crippen LogP contribution >= 0.6 is 0 Å². The van der Waals surface area contributed by atoms with Gasteiger partial charge in [-0.15, -0.1) is 0 Å². The van der Waals surface area contributed by atoms with Crippen LogP contribution in [-0.4, -0.2) is 35.5 Å². The minimum Gasteiger partial charge on any atom is -0.482 e. The van der Waals surface area contributed by atoms with E-state index in [0.29, 0.717) is 17.0 Å². The predicted octanol–water partition coefficient (Wildman–Crippen LogP) is 3.62. The average molecular weight is 391 g/mol. The lowest BCUT2D eigenvalue weighted by Gasteiger charge is -2.21. The number of pyridine rings is 1. The number of fused-ring (bicyclic) bond motifs is 1. The number of aromatic nitrogens is 1. The summed E-state index contributed by atoms with van der Waals surface area (Å²) in [5, 5.41) is 0. The molecule has 1 saturated heterocycles. The maximum atomic E-state index is 12.7. The third kappa shape index (κ3) is 3.90. The summed E-state index contributed by atoms with van der Waals surface area (Å²) in [6.45, 7) is 2.27. The number of anilines is 1. The van der Waals surface area contributed by atoms with Gasteiger partial charge in [-0.25, -0.2) is 4.98 Å². The van der Waals surface area contributed by atoms with Gasteiger partial charge < -0.3 is 14.5 Å². The van der Waals surface area contributed by atoms with Crippen molar-refractivity contribution in [1.29, 1.82) is 0 Å². The number of hydrogen-bond acceptors (Lipinski definition) is 4. The number of carbonyl (C=O) groups is 1. The van der Waals surface area contributed by atoms with Gasteiger partial charge in [0.2, 0.25) is 0 Å². The molecule has 0 spiro atoms. The SMILES string of the molecule is O=C1COc2ccc(N3CCCC3)nc2CN1Cc1ccc(C(F)(F)F)cc1. The zero-order valence-corrected chi connectivity index (χ0v) is 15.2. The molecule has 4 rings (SSSR count). The number of ether oxygens (including phenoxy) is 1. The number of hydrogen-bond donors (Lipinski definition) is 0. The fourth-order valence-electron chi connectivity index (χ4n) is 3.51. The summed E-state index contributed by atoms with van der Waals surface area (Å²) in [6.07, 6.45) is -2.11. The number of amides is 1. The van der Waals surface area contributed by atoms with Crippen LogP contribution in [0.25, 0.3) is 0 Å². The molecule has 148 valence electrons. The number of nitrogens with zero attached hydrogens (tertiary/aromatic N) is 3. The van der Waals surface area contributed by atoms with E-state index in [2.05, 4.69) is 9.88 Å². The summed E-state index contributed by atoms with van der Waals surface area (Å²) in [5.41, 5.74) is 0.590. The molecule has 1 fully saturated rings. The number of rotatable bonds is 3. The van der Waals surface area contributed by atoms with Crippen molar-refractivity contribution < 1.29 is 22.7 Å². The zero-order chi connectivity index (χ0) is 19.7. The molecule has 1 aromatic heterocycles. The van der Waals surface area contributed by atoms with Crippen LogP contribution in [-0.2, 0) is 24.1 Å². The number of halogens is 3. The van der Waals surface area contributed by atoms with Gasteiger partial charge in [0, 0.05) is 19.6 Å². The normalized spacial score (nSPS) is 17.3. The molecule has 0 bridgehead atoms. The van der Waals surface area contributed by atoms with Crippen molar-refractivity contribution in [2.75, 3.05) is 24.6 Å². The van der Waals surface area contributed by atoms with Gasteiger partial charge in [0.1, 0.15) is 17.3 Å². The monoisotopic (exact) mass is 391 g/mol. The lowest BCUT2D eigenvalue weighted by Crippen LogP contribution is -2.32. The minimum atomic E-state index is -4.38. The van der Waals surface area contributed by atoms with Crippen molar-refractivity contribution in [3.63, 3.8) is 0 Å². The molecule has 3 heterocycles. The van der Waals surface area contributed by atoms with Crippen molar-refractivity contribution in [2.45, 2.75) is 32.1 Å². The molecule has 0 N–H and O–H groups in total. The summed E-state index contributed by atoms with van der Waals surface area (Å²) < 4.78 is 43.8. The van der Waals surface area contributed by atoms with Gasteiger partial charge in [-0.3, -0.25) is 4.79 Å². The Bertz CT molecular complexity index is 862. The molecule has 0 saturated carbocycles. The highest BCUT2D eigenvalue weighted by atomic mass is 19.4. The van der Waals surface area contributed by atoms with E-state index < -0.39 is 11.7 Å². The zero-order valence-electron chi connectivity index (χ0n) is 15.2. The van der Waals surface area contributed by atoms with Gasteiger partial charge in [-0.2, -0.15) is 13.2 Å². The first-order valence-electron chi connectivity index (χ1n) is 9.22. The van der Waals surface area contributed by atoms with Crippen molar-refractivity contribution >= 4 is 11.7 Å². The number of carbonyl (C=O) groups excluding carboxylic acids is 1. The smallest absolute Gasteiger partial charge is 0.416 e. The van der Waals surface area contributed by atoms with E-state index in [1.165, 1.54) is 12.1 Å². The third-order valence-electron chi connectivity index (χ3n) is 5.05. The van der Waals surface area contributed by atoms with Gasteiger partial charge >= 0.3 is 6.18 Å². The molecule has 1 aromatic carbocycles. The molecule has 0 atom stereocenters. The number of benzene rings is 1. The summed E-state index contributed by atoms with van der Waals surface area (Å²) in [4.78, 5) is 20.9. The van der Waals surface area contributed by atoms with E-state index in [1.807, 2.05) is 12.1 Å². The topological polar surface area (TPSA) is 45.7 Å². The number of alkyl halides is 3. The molecule has 1 amide bonds. The highest BCUT2D eigenvalue weighted by Gasteiger charge is 2.30. The Balaban J connectivity index is 1.53. The van der Waals surface area contributed by atoms with Crippen molar-refractivity contribution in [1.82, 2.24) is 9.88 Å². The van der Waals surface area contributed by atoms with Crippen molar-refractivity contribution in [3.8, 4) is 5.75 Å². The molecule has 2 aliphatic rings. The van der Waals surface area contributed by atoms with Gasteiger partial charge in [0.15, 0.2) is 6.61 Å². The van der Waals surface area contributed by atoms with E-state index in [4.69, 9.17) is 4.74 Å². The van der Waals surface area contributed by atoms with Gasteiger partial charge in [0.25, 0.3) is 5.91 Å². The molecule has 0 unspecified atom stereocenters. The van der Waals surface area contributed by atoms with Crippen LogP contribution in [0.1, 0.15) is 29.7 Å². The molecule has 0 radical (unpaired) electrons. The van der Waals surface area contributed by atoms with Crippen LogP contribution in [0.5, 0.6) is 5.75 Å². The summed E-state index contributed by atoms with van der Waals surface area (Å²) in [6, 6.07) is 8.61. The highest BCUT2D eigenvalue weighted by molar-refractivity contribution is 5.78. The first-order valence-corrected chi connectivity index (χ1v) is 9.22. The molecule has 8 heteroatoms. The molecule has 0 aliphatic carbocycles. The van der Waals surface area contributed by atoms with E-state index in [-0.39, 0.29) is 25.6 Å². The molecule has 2 aliphatic heterocycles. The summed E-state index contributed by atoms with van der Waals surface area (Å²) in [7, 11) is 0. The standard InChI is InChI=1S/C20H20F3N3O2/c21-20(22,23)15-5-3-14(4-6-15)11-26-12-16-17(28-13-19(26)27)7-8-18(24-16)25-9-1-2-10-25/h3-8H,1-2,9-13H2. The highest BCUT2D eigenvalue weighted by Crippen LogP contribution is 2.30. The lowest BCUT2D eigenvalue weighted by atomic mass is 10.1. The Morgan fingerprint density at radius 2 is 1.75 bits per heavy atom. The average Bonchev–Trinajstić information content (AvgIpc) is 3.15. The second-order valence-corrected chi connectivity index (χ2v) is 7.04. The van der Waals surface area contributed by atoms with E-state index >= 15 is 0 Å². The molecule has 2 aromatic rings. The second-order valence-electron chi connectivity index (χ2n) is 7.04. The van der Waals surface area contributed by atoms with Gasteiger partial charge in [0.05, 0.1) is 12.1 Å². The van der Waals surface area contributed by atoms with Gasteiger partial charge in [-0.05, 0) is 42.7 Å². The Morgan fingerprint density at radius 3 is 2.43 bits per heavy atom. The lowest BCUT2D eigenvalue weighted by molar-refractivity contribution is -0.137. The van der Waals surface area contributed by atoms with Crippen LogP contribution < -0.4 is 9.64 Å². The fourth-order valence-corrected chi connectivity index (χ4v) is 3.51. The predicted molar refractivity (Wildman–Crippen MR) is 96.9 cm³/mol. The van der Waals surface area contributed by atoms with Gasteiger partial charge in [-0.1, -0.05) is 12.1 Å². The van der Waals surface area contributed by atoms with E-state index in [1.54, 1.807) is 4.90 Å². The largest absolute Gasteiger partial charge is 0.482 e. The Labute approximate surface area is 160 Å². The van der Waals surface area contributed by atoms with E-state index in [9.17, 15) is 18.0 Å². The second kappa shape index (κ2) is 7.33. The maximum absolute atomic E-state index is 12.7. The van der Waals surface area contributed by atoms with Crippen LogP contribution in [0.2, 0.25) is 0 Å². The maximum Gasteiger partial charge on any atom is 0.416 e. The summed E-state index contributed by atoms with van der Waals surface area (Å²) >= 11 is 0. The molecule has 28 heavy (non-hydrogen) atoms. The van der Waals surface area contributed by atoms with Crippen LogP contribution in [0.3, 0.4) is 0 Å². The Hall–Kier alpha value is -2.77. The Morgan fingerprint density at radius 1 is 1.04 bits per heavy atom. The van der Waals surface area contributed by atoms with E-state index in [0.717, 1.165) is 43.9 Å².